The molecule has 0 amide bonds. The van der Waals surface area contributed by atoms with Crippen molar-refractivity contribution in [2.45, 2.75) is 6.04 Å². The molecule has 2 N–H and O–H groups in total. The van der Waals surface area contributed by atoms with Crippen LogP contribution in [-0.2, 0) is 0 Å². The molecular formula is C22H32N5+. The summed E-state index contributed by atoms with van der Waals surface area (Å²) in [6, 6.07) is 20.6. The number of piperazine rings is 2. The predicted octanol–water partition coefficient (Wildman–Crippen LogP) is 2.22. The Labute approximate surface area is 163 Å². The lowest BCUT2D eigenvalue weighted by Gasteiger charge is -2.52. The van der Waals surface area contributed by atoms with Gasteiger partial charge in [0.15, 0.2) is 5.69 Å². The van der Waals surface area contributed by atoms with Crippen LogP contribution in [0.5, 0.6) is 0 Å². The maximum Gasteiger partial charge on any atom is 0.152 e. The van der Waals surface area contributed by atoms with Gasteiger partial charge >= 0.3 is 0 Å². The van der Waals surface area contributed by atoms with Crippen molar-refractivity contribution in [1.82, 2.24) is 20.2 Å². The summed E-state index contributed by atoms with van der Waals surface area (Å²) in [5, 5.41) is 9.92. The average molecular weight is 367 g/mol. The monoisotopic (exact) mass is 366 g/mol. The molecular weight excluding hydrogens is 334 g/mol. The first-order valence-electron chi connectivity index (χ1n) is 10.1. The van der Waals surface area contributed by atoms with Crippen molar-refractivity contribution in [3.8, 4) is 0 Å². The first-order valence-corrected chi connectivity index (χ1v) is 10.1. The molecule has 1 unspecified atom stereocenters. The van der Waals surface area contributed by atoms with Gasteiger partial charge in [0.1, 0.15) is 13.1 Å². The highest BCUT2D eigenvalue weighted by molar-refractivity contribution is 5.54. The molecule has 2 heterocycles. The zero-order valence-electron chi connectivity index (χ0n) is 16.6. The molecule has 2 fully saturated rings. The van der Waals surface area contributed by atoms with E-state index in [0.717, 1.165) is 50.4 Å². The Balaban J connectivity index is 1.73. The average Bonchev–Trinajstić information content (AvgIpc) is 2.75. The Morgan fingerprint density at radius 2 is 1.59 bits per heavy atom. The zero-order valence-corrected chi connectivity index (χ0v) is 16.6. The van der Waals surface area contributed by atoms with E-state index in [1.165, 1.54) is 16.9 Å². The number of nitrogens with one attached hydrogen (secondary N) is 2. The third kappa shape index (κ3) is 3.60. The summed E-state index contributed by atoms with van der Waals surface area (Å²) in [4.78, 5) is 2.17. The number of anilines is 1. The molecule has 1 atom stereocenters. The normalized spacial score (nSPS) is 23.1. The third-order valence-electron chi connectivity index (χ3n) is 6.05. The largest absolute Gasteiger partial charge is 0.378 e. The van der Waals surface area contributed by atoms with Gasteiger partial charge in [0, 0.05) is 58.1 Å². The number of hydrogen-bond acceptors (Lipinski definition) is 4. The lowest BCUT2D eigenvalue weighted by Crippen LogP contribution is -2.71. The Morgan fingerprint density at radius 3 is 2.26 bits per heavy atom. The third-order valence-corrected chi connectivity index (χ3v) is 6.05. The summed E-state index contributed by atoms with van der Waals surface area (Å²) in [6.45, 7) is 7.44. The Bertz CT molecular complexity index is 722. The topological polar surface area (TPSA) is 30.5 Å². The Morgan fingerprint density at radius 1 is 0.889 bits per heavy atom. The van der Waals surface area contributed by atoms with Gasteiger partial charge < -0.3 is 15.5 Å². The van der Waals surface area contributed by atoms with Crippen LogP contribution in [0.15, 0.2) is 54.6 Å². The van der Waals surface area contributed by atoms with Crippen LogP contribution in [0.3, 0.4) is 0 Å². The highest BCUT2D eigenvalue weighted by atomic mass is 15.8. The highest BCUT2D eigenvalue weighted by Gasteiger charge is 2.44. The molecule has 0 spiro atoms. The second-order valence-corrected chi connectivity index (χ2v) is 7.82. The van der Waals surface area contributed by atoms with Gasteiger partial charge in [-0.2, -0.15) is 0 Å². The van der Waals surface area contributed by atoms with E-state index in [1.807, 2.05) is 0 Å². The molecule has 2 saturated heterocycles. The molecule has 5 heteroatoms. The molecule has 2 aromatic rings. The quantitative estimate of drug-likeness (QED) is 0.813. The summed E-state index contributed by atoms with van der Waals surface area (Å²) in [6.07, 6.45) is 0. The van der Waals surface area contributed by atoms with Crippen LogP contribution in [0.25, 0.3) is 0 Å². The van der Waals surface area contributed by atoms with Crippen molar-refractivity contribution in [2.75, 3.05) is 64.8 Å². The second kappa shape index (κ2) is 7.98. The molecule has 0 saturated carbocycles. The summed E-state index contributed by atoms with van der Waals surface area (Å²) < 4.78 is 0.946. The minimum absolute atomic E-state index is 0.395. The standard InChI is InChI=1S/C22H32N5/c1-25(2)20-8-10-21(11-9-20)27(16-13-23-14-17-27)26-15-12-24-18-22(26)19-6-4-3-5-7-19/h3-11,22-24H,12-18H2,1-2H3/q+1. The second-order valence-electron chi connectivity index (χ2n) is 7.82. The molecule has 0 radical (unpaired) electrons. The van der Waals surface area contributed by atoms with E-state index >= 15 is 0 Å². The number of quaternary nitrogens is 1. The minimum Gasteiger partial charge on any atom is -0.378 e. The lowest BCUT2D eigenvalue weighted by molar-refractivity contribution is -0.0720. The SMILES string of the molecule is CN(C)c1ccc([N+]2(N3CCNCC3c3ccccc3)CCNCC2)cc1. The minimum atomic E-state index is 0.395. The van der Waals surface area contributed by atoms with Gasteiger partial charge in [-0.1, -0.05) is 30.3 Å². The van der Waals surface area contributed by atoms with E-state index in [-0.39, 0.29) is 0 Å². The predicted molar refractivity (Wildman–Crippen MR) is 114 cm³/mol. The van der Waals surface area contributed by atoms with Gasteiger partial charge in [-0.25, -0.2) is 4.59 Å². The lowest BCUT2D eigenvalue weighted by atomic mass is 10.0. The summed E-state index contributed by atoms with van der Waals surface area (Å²) >= 11 is 0. The van der Waals surface area contributed by atoms with E-state index in [4.69, 9.17) is 0 Å². The van der Waals surface area contributed by atoms with Crippen LogP contribution in [0, 0.1) is 0 Å². The van der Waals surface area contributed by atoms with Gasteiger partial charge in [0.2, 0.25) is 0 Å². The van der Waals surface area contributed by atoms with Crippen LogP contribution in [0.2, 0.25) is 0 Å². The number of benzene rings is 2. The maximum absolute atomic E-state index is 3.62. The molecule has 0 bridgehead atoms. The van der Waals surface area contributed by atoms with Crippen molar-refractivity contribution in [3.63, 3.8) is 0 Å². The molecule has 0 aliphatic carbocycles. The molecule has 27 heavy (non-hydrogen) atoms. The first kappa shape index (κ1) is 18.4. The van der Waals surface area contributed by atoms with Crippen molar-refractivity contribution in [1.29, 1.82) is 0 Å². The molecule has 2 aromatic carbocycles. The zero-order chi connectivity index (χ0) is 18.7. The van der Waals surface area contributed by atoms with Gasteiger partial charge in [-0.05, 0) is 17.7 Å². The van der Waals surface area contributed by atoms with Gasteiger partial charge in [-0.15, -0.1) is 5.01 Å². The van der Waals surface area contributed by atoms with Crippen LogP contribution in [0.4, 0.5) is 11.4 Å². The van der Waals surface area contributed by atoms with Crippen LogP contribution >= 0.6 is 0 Å². The van der Waals surface area contributed by atoms with Crippen LogP contribution in [0.1, 0.15) is 11.6 Å². The number of hydrogen-bond donors (Lipinski definition) is 2. The maximum atomic E-state index is 3.62. The number of nitrogens with zero attached hydrogens (tertiary/aromatic N) is 3. The van der Waals surface area contributed by atoms with Crippen molar-refractivity contribution < 1.29 is 0 Å². The van der Waals surface area contributed by atoms with Crippen LogP contribution < -0.4 is 20.1 Å². The van der Waals surface area contributed by atoms with E-state index in [9.17, 15) is 0 Å². The molecule has 5 nitrogen and oxygen atoms in total. The molecule has 144 valence electrons. The fraction of sp³-hybridized carbons (Fsp3) is 0.455. The van der Waals surface area contributed by atoms with E-state index in [1.54, 1.807) is 0 Å². The molecule has 0 aromatic heterocycles. The summed E-state index contributed by atoms with van der Waals surface area (Å²) in [7, 11) is 4.21. The smallest absolute Gasteiger partial charge is 0.152 e. The summed E-state index contributed by atoms with van der Waals surface area (Å²) in [5.74, 6) is 0. The van der Waals surface area contributed by atoms with Crippen molar-refractivity contribution in [2.24, 2.45) is 0 Å². The molecule has 2 aliphatic rings. The number of rotatable bonds is 4. The van der Waals surface area contributed by atoms with Crippen molar-refractivity contribution in [3.05, 3.63) is 60.2 Å². The summed E-state index contributed by atoms with van der Waals surface area (Å²) in [5.41, 5.74) is 4.07. The fourth-order valence-electron chi connectivity index (χ4n) is 4.57. The van der Waals surface area contributed by atoms with Crippen molar-refractivity contribution >= 4 is 11.4 Å². The molecule has 2 aliphatic heterocycles. The van der Waals surface area contributed by atoms with E-state index in [0.29, 0.717) is 6.04 Å². The van der Waals surface area contributed by atoms with Gasteiger partial charge in [-0.3, -0.25) is 0 Å². The Kier molecular flexibility index (Phi) is 5.45. The molecule has 4 rings (SSSR count). The van der Waals surface area contributed by atoms with Gasteiger partial charge in [0.25, 0.3) is 0 Å². The highest BCUT2D eigenvalue weighted by Crippen LogP contribution is 2.35. The Hall–Kier alpha value is -1.92. The van der Waals surface area contributed by atoms with E-state index < -0.39 is 0 Å². The first-order chi connectivity index (χ1) is 13.2. The van der Waals surface area contributed by atoms with Gasteiger partial charge in [0.05, 0.1) is 12.6 Å². The van der Waals surface area contributed by atoms with E-state index in [2.05, 4.69) is 89.2 Å². The van der Waals surface area contributed by atoms with Crippen LogP contribution in [-0.4, -0.2) is 64.9 Å². The fourth-order valence-corrected chi connectivity index (χ4v) is 4.57.